The average molecular weight is 417 g/mol. The normalized spacial score (nSPS) is 17.4. The highest BCUT2D eigenvalue weighted by Crippen LogP contribution is 2.30. The molecule has 0 unspecified atom stereocenters. The van der Waals surface area contributed by atoms with Crippen LogP contribution in [0.5, 0.6) is 0 Å². The lowest BCUT2D eigenvalue weighted by Crippen LogP contribution is -2.50. The molecule has 0 spiro atoms. The van der Waals surface area contributed by atoms with Gasteiger partial charge in [0, 0.05) is 28.9 Å². The molecule has 0 bridgehead atoms. The topological polar surface area (TPSA) is 70.0 Å². The van der Waals surface area contributed by atoms with Gasteiger partial charge in [-0.15, -0.1) is 5.10 Å². The second-order valence-electron chi connectivity index (χ2n) is 6.74. The summed E-state index contributed by atoms with van der Waals surface area (Å²) in [6.07, 6.45) is 2.89. The minimum atomic E-state index is -0.515. The standard InChI is InChI=1S/C22H16FN5OS/c23-17-9-3-1-6-15(17)13-30-22-26-21(29)19-16-8-2-4-10-18(16)25-20(28(19)27-22)14-7-5-11-24-12-14/h1-12,20H,13H2,(H,26,27,29)/t20-/m0/s1. The number of amidine groups is 1. The number of fused-ring (bicyclic) bond motifs is 2. The molecule has 30 heavy (non-hydrogen) atoms. The molecule has 1 aromatic heterocycles. The lowest BCUT2D eigenvalue weighted by atomic mass is 10.1. The van der Waals surface area contributed by atoms with E-state index in [1.165, 1.54) is 17.8 Å². The molecule has 2 aromatic carbocycles. The van der Waals surface area contributed by atoms with E-state index in [1.54, 1.807) is 35.6 Å². The van der Waals surface area contributed by atoms with E-state index < -0.39 is 6.17 Å². The number of hydrogen-bond acceptors (Lipinski definition) is 6. The number of aromatic nitrogens is 1. The van der Waals surface area contributed by atoms with Gasteiger partial charge >= 0.3 is 0 Å². The van der Waals surface area contributed by atoms with E-state index >= 15 is 0 Å². The first-order valence-electron chi connectivity index (χ1n) is 9.33. The summed E-state index contributed by atoms with van der Waals surface area (Å²) < 4.78 is 14.0. The van der Waals surface area contributed by atoms with Gasteiger partial charge in [-0.1, -0.05) is 54.2 Å². The monoisotopic (exact) mass is 417 g/mol. The fraction of sp³-hybridized carbons (Fsp3) is 0.0909. The number of nitrogens with zero attached hydrogens (tertiary/aromatic N) is 4. The Labute approximate surface area is 175 Å². The zero-order chi connectivity index (χ0) is 20.5. The van der Waals surface area contributed by atoms with Gasteiger partial charge in [0.05, 0.1) is 5.36 Å². The molecular weight excluding hydrogens is 401 g/mol. The Kier molecular flexibility index (Phi) is 4.76. The first kappa shape index (κ1) is 18.5. The lowest BCUT2D eigenvalue weighted by Gasteiger charge is -2.33. The fourth-order valence-corrected chi connectivity index (χ4v) is 4.24. The first-order chi connectivity index (χ1) is 14.7. The van der Waals surface area contributed by atoms with Crippen molar-refractivity contribution in [2.75, 3.05) is 0 Å². The number of benzene rings is 2. The molecule has 148 valence electrons. The third kappa shape index (κ3) is 3.35. The Morgan fingerprint density at radius 3 is 2.73 bits per heavy atom. The van der Waals surface area contributed by atoms with Crippen molar-refractivity contribution in [1.29, 1.82) is 0 Å². The van der Waals surface area contributed by atoms with Gasteiger partial charge in [-0.25, -0.2) is 9.40 Å². The minimum absolute atomic E-state index is 0.266. The predicted molar refractivity (Wildman–Crippen MR) is 113 cm³/mol. The van der Waals surface area contributed by atoms with E-state index in [1.807, 2.05) is 36.4 Å². The number of nitrogens with one attached hydrogen (secondary N) is 1. The summed E-state index contributed by atoms with van der Waals surface area (Å²) >= 11 is 1.27. The van der Waals surface area contributed by atoms with Crippen LogP contribution in [0, 0.1) is 5.82 Å². The largest absolute Gasteiger partial charge is 0.298 e. The zero-order valence-corrected chi connectivity index (χ0v) is 16.5. The van der Waals surface area contributed by atoms with E-state index in [-0.39, 0.29) is 11.7 Å². The van der Waals surface area contributed by atoms with Gasteiger partial charge in [0.1, 0.15) is 11.5 Å². The maximum Gasteiger partial charge on any atom is 0.276 e. The number of halogens is 1. The molecule has 0 saturated heterocycles. The Morgan fingerprint density at radius 1 is 1.07 bits per heavy atom. The number of hydrazone groups is 1. The quantitative estimate of drug-likeness (QED) is 0.710. The summed E-state index contributed by atoms with van der Waals surface area (Å²) in [6, 6.07) is 17.8. The number of carbonyl (C=O) groups excluding carboxylic acids is 1. The summed E-state index contributed by atoms with van der Waals surface area (Å²) in [5, 5.41) is 11.0. The molecule has 2 aliphatic heterocycles. The Balaban J connectivity index is 1.56. The number of para-hydroxylation sites is 1. The van der Waals surface area contributed by atoms with Crippen molar-refractivity contribution in [1.82, 2.24) is 15.3 Å². The summed E-state index contributed by atoms with van der Waals surface area (Å²) in [4.78, 5) is 22.0. The van der Waals surface area contributed by atoms with Gasteiger partial charge in [-0.3, -0.25) is 20.1 Å². The third-order valence-electron chi connectivity index (χ3n) is 4.82. The lowest BCUT2D eigenvalue weighted by molar-refractivity contribution is -0.116. The average Bonchev–Trinajstić information content (AvgIpc) is 2.78. The molecule has 3 heterocycles. The van der Waals surface area contributed by atoms with Gasteiger partial charge in [-0.05, 0) is 23.8 Å². The van der Waals surface area contributed by atoms with Gasteiger partial charge < -0.3 is 0 Å². The number of pyridine rings is 1. The Hall–Kier alpha value is -3.52. The van der Waals surface area contributed by atoms with Crippen LogP contribution in [0.15, 0.2) is 83.2 Å². The second kappa shape index (κ2) is 7.72. The summed E-state index contributed by atoms with van der Waals surface area (Å²) in [7, 11) is 0. The summed E-state index contributed by atoms with van der Waals surface area (Å²) in [5.74, 6) is -0.201. The fourth-order valence-electron chi connectivity index (χ4n) is 3.40. The SMILES string of the molecule is O=C1NC(SCc2ccccc2F)=NN2C1=c1ccccc1=N[C@@H]2c1cccnc1. The Bertz CT molecular complexity index is 1280. The molecular formula is C22H16FN5OS. The number of hydrogen-bond donors (Lipinski definition) is 1. The molecule has 1 amide bonds. The van der Waals surface area contributed by atoms with Crippen molar-refractivity contribution < 1.29 is 9.18 Å². The maximum atomic E-state index is 14.0. The molecule has 0 fully saturated rings. The molecule has 0 aliphatic carbocycles. The van der Waals surface area contributed by atoms with Gasteiger partial charge in [-0.2, -0.15) is 0 Å². The van der Waals surface area contributed by atoms with Crippen LogP contribution in [0.3, 0.4) is 0 Å². The molecule has 0 saturated carbocycles. The third-order valence-corrected chi connectivity index (χ3v) is 5.73. The molecule has 6 nitrogen and oxygen atoms in total. The van der Waals surface area contributed by atoms with Crippen molar-refractivity contribution >= 4 is 28.5 Å². The van der Waals surface area contributed by atoms with Crippen molar-refractivity contribution in [3.63, 3.8) is 0 Å². The number of rotatable bonds is 3. The second-order valence-corrected chi connectivity index (χ2v) is 7.70. The van der Waals surface area contributed by atoms with Gasteiger partial charge in [0.25, 0.3) is 5.91 Å². The van der Waals surface area contributed by atoms with E-state index in [0.717, 1.165) is 16.1 Å². The van der Waals surface area contributed by atoms with Gasteiger partial charge in [0.2, 0.25) is 0 Å². The van der Waals surface area contributed by atoms with Crippen molar-refractivity contribution in [3.05, 3.63) is 101 Å². The number of carbonyl (C=O) groups is 1. The van der Waals surface area contributed by atoms with Crippen LogP contribution in [0.1, 0.15) is 17.3 Å². The highest BCUT2D eigenvalue weighted by molar-refractivity contribution is 8.13. The van der Waals surface area contributed by atoms with Crippen molar-refractivity contribution in [2.45, 2.75) is 11.9 Å². The highest BCUT2D eigenvalue weighted by atomic mass is 32.2. The van der Waals surface area contributed by atoms with Crippen molar-refractivity contribution in [3.8, 4) is 0 Å². The van der Waals surface area contributed by atoms with Crippen LogP contribution in [0.4, 0.5) is 4.39 Å². The molecule has 1 atom stereocenters. The van der Waals surface area contributed by atoms with E-state index in [9.17, 15) is 9.18 Å². The van der Waals surface area contributed by atoms with Crippen LogP contribution in [-0.4, -0.2) is 21.1 Å². The Morgan fingerprint density at radius 2 is 1.90 bits per heavy atom. The van der Waals surface area contributed by atoms with Crippen LogP contribution in [0.25, 0.3) is 5.70 Å². The minimum Gasteiger partial charge on any atom is -0.298 e. The molecule has 0 radical (unpaired) electrons. The molecule has 3 aromatic rings. The van der Waals surface area contributed by atoms with E-state index in [4.69, 9.17) is 4.99 Å². The van der Waals surface area contributed by atoms with Crippen LogP contribution in [0.2, 0.25) is 0 Å². The summed E-state index contributed by atoms with van der Waals surface area (Å²) in [6.45, 7) is 0. The van der Waals surface area contributed by atoms with E-state index in [0.29, 0.717) is 22.2 Å². The molecule has 8 heteroatoms. The molecule has 2 aliphatic rings. The van der Waals surface area contributed by atoms with Crippen LogP contribution in [-0.2, 0) is 10.5 Å². The predicted octanol–water partition coefficient (Wildman–Crippen LogP) is 2.30. The van der Waals surface area contributed by atoms with E-state index in [2.05, 4.69) is 15.4 Å². The van der Waals surface area contributed by atoms with Gasteiger partial charge in [0.15, 0.2) is 11.3 Å². The molecule has 1 N–H and O–H groups in total. The maximum absolute atomic E-state index is 14.0. The highest BCUT2D eigenvalue weighted by Gasteiger charge is 2.34. The van der Waals surface area contributed by atoms with Crippen LogP contribution < -0.4 is 15.9 Å². The first-order valence-corrected chi connectivity index (χ1v) is 10.3. The molecule has 5 rings (SSSR count). The zero-order valence-electron chi connectivity index (χ0n) is 15.7. The number of amides is 1. The van der Waals surface area contributed by atoms with Crippen molar-refractivity contribution in [2.24, 2.45) is 10.1 Å². The number of thioether (sulfide) groups is 1. The summed E-state index contributed by atoms with van der Waals surface area (Å²) in [5.41, 5.74) is 1.80. The van der Waals surface area contributed by atoms with Crippen LogP contribution >= 0.6 is 11.8 Å². The smallest absolute Gasteiger partial charge is 0.276 e.